The fourth-order valence-corrected chi connectivity index (χ4v) is 5.07. The monoisotopic (exact) mass is 383 g/mol. The molecule has 0 radical (unpaired) electrons. The summed E-state index contributed by atoms with van der Waals surface area (Å²) in [4.78, 5) is 3.00. The molecular formula is C17H25N3O3S2. The Morgan fingerprint density at radius 2 is 1.84 bits per heavy atom. The summed E-state index contributed by atoms with van der Waals surface area (Å²) < 4.78 is 34.6. The number of hydrogen-bond acceptors (Lipinski definition) is 5. The number of rotatable bonds is 6. The zero-order chi connectivity index (χ0) is 18.0. The van der Waals surface area contributed by atoms with Crippen LogP contribution in [0.2, 0.25) is 0 Å². The number of benzene rings is 1. The van der Waals surface area contributed by atoms with E-state index in [0.29, 0.717) is 30.2 Å². The van der Waals surface area contributed by atoms with Crippen LogP contribution in [0, 0.1) is 4.84 Å². The third-order valence-electron chi connectivity index (χ3n) is 4.77. The van der Waals surface area contributed by atoms with Crippen LogP contribution in [-0.4, -0.2) is 48.4 Å². The second kappa shape index (κ2) is 7.57. The molecule has 0 spiro atoms. The van der Waals surface area contributed by atoms with E-state index >= 15 is 0 Å². The number of piperidine rings is 1. The van der Waals surface area contributed by atoms with Crippen LogP contribution in [0.5, 0.6) is 0 Å². The second-order valence-corrected chi connectivity index (χ2v) is 8.62. The van der Waals surface area contributed by atoms with Crippen molar-refractivity contribution in [2.75, 3.05) is 26.2 Å². The van der Waals surface area contributed by atoms with Crippen molar-refractivity contribution in [1.29, 1.82) is 0 Å². The van der Waals surface area contributed by atoms with Crippen molar-refractivity contribution in [3.05, 3.63) is 23.0 Å². The molecule has 1 aliphatic rings. The Balaban J connectivity index is 2.01. The Hall–Kier alpha value is -1.22. The Bertz CT molecular complexity index is 891. The number of hydrogen-bond donors (Lipinski definition) is 0. The average Bonchev–Trinajstić information content (AvgIpc) is 2.91. The third-order valence-corrected chi connectivity index (χ3v) is 7.12. The zero-order valence-electron chi connectivity index (χ0n) is 14.8. The van der Waals surface area contributed by atoms with Gasteiger partial charge in [-0.1, -0.05) is 20.3 Å². The highest BCUT2D eigenvalue weighted by atomic mass is 32.2. The first-order valence-electron chi connectivity index (χ1n) is 8.83. The van der Waals surface area contributed by atoms with Gasteiger partial charge in [0.1, 0.15) is 0 Å². The minimum Gasteiger partial charge on any atom is -0.429 e. The maximum Gasteiger partial charge on any atom is 0.270 e. The number of sulfonamides is 1. The number of aromatic nitrogens is 1. The van der Waals surface area contributed by atoms with Crippen molar-refractivity contribution in [1.82, 2.24) is 13.8 Å². The number of fused-ring (bicyclic) bond motifs is 1. The van der Waals surface area contributed by atoms with Crippen molar-refractivity contribution in [3.8, 4) is 0 Å². The smallest absolute Gasteiger partial charge is 0.270 e. The van der Waals surface area contributed by atoms with E-state index in [9.17, 15) is 8.42 Å². The molecule has 0 saturated carbocycles. The first-order chi connectivity index (χ1) is 12.0. The molecule has 8 heteroatoms. The number of likely N-dealkylation sites (tertiary alicyclic amines) is 1. The summed E-state index contributed by atoms with van der Waals surface area (Å²) in [6, 6.07) is 4.99. The van der Waals surface area contributed by atoms with Gasteiger partial charge in [0.25, 0.3) is 4.84 Å². The lowest BCUT2D eigenvalue weighted by Crippen LogP contribution is -2.32. The molecule has 1 saturated heterocycles. The van der Waals surface area contributed by atoms with Gasteiger partial charge >= 0.3 is 0 Å². The van der Waals surface area contributed by atoms with Crippen LogP contribution in [0.4, 0.5) is 0 Å². The van der Waals surface area contributed by atoms with Crippen LogP contribution >= 0.6 is 12.2 Å². The average molecular weight is 384 g/mol. The fraction of sp³-hybridized carbons (Fsp3) is 0.588. The first-order valence-corrected chi connectivity index (χ1v) is 10.7. The van der Waals surface area contributed by atoms with Crippen LogP contribution < -0.4 is 0 Å². The molecule has 0 N–H and O–H groups in total. The Kier molecular flexibility index (Phi) is 5.62. The molecule has 2 aromatic rings. The quantitative estimate of drug-likeness (QED) is 0.715. The van der Waals surface area contributed by atoms with Gasteiger partial charge in [0.05, 0.1) is 17.1 Å². The van der Waals surface area contributed by atoms with E-state index in [1.54, 1.807) is 18.2 Å². The van der Waals surface area contributed by atoms with Crippen molar-refractivity contribution in [2.45, 2.75) is 44.7 Å². The van der Waals surface area contributed by atoms with Gasteiger partial charge in [0.2, 0.25) is 10.0 Å². The Labute approximate surface area is 154 Å². The molecule has 1 aliphatic heterocycles. The van der Waals surface area contributed by atoms with Crippen LogP contribution in [-0.2, 0) is 16.7 Å². The van der Waals surface area contributed by atoms with Crippen molar-refractivity contribution >= 4 is 33.3 Å². The molecule has 0 atom stereocenters. The summed E-state index contributed by atoms with van der Waals surface area (Å²) in [6.45, 7) is 7.29. The maximum absolute atomic E-state index is 12.8. The maximum atomic E-state index is 12.8. The van der Waals surface area contributed by atoms with Crippen LogP contribution in [0.15, 0.2) is 27.5 Å². The highest BCUT2D eigenvalue weighted by Crippen LogP contribution is 2.24. The lowest BCUT2D eigenvalue weighted by Gasteiger charge is -2.26. The largest absolute Gasteiger partial charge is 0.429 e. The molecular weight excluding hydrogens is 358 g/mol. The molecule has 6 nitrogen and oxygen atoms in total. The molecule has 1 aromatic carbocycles. The van der Waals surface area contributed by atoms with E-state index in [1.165, 1.54) is 23.6 Å². The third kappa shape index (κ3) is 3.67. The van der Waals surface area contributed by atoms with E-state index in [1.807, 2.05) is 18.4 Å². The normalized spacial score (nSPS) is 16.8. The Morgan fingerprint density at radius 3 is 2.48 bits per heavy atom. The molecule has 0 aliphatic carbocycles. The molecule has 1 fully saturated rings. The highest BCUT2D eigenvalue weighted by molar-refractivity contribution is 7.89. The van der Waals surface area contributed by atoms with E-state index < -0.39 is 10.0 Å². The fourth-order valence-electron chi connectivity index (χ4n) is 3.35. The lowest BCUT2D eigenvalue weighted by atomic mass is 10.1. The van der Waals surface area contributed by atoms with Gasteiger partial charge < -0.3 is 4.42 Å². The molecule has 2 heterocycles. The molecule has 1 aromatic heterocycles. The van der Waals surface area contributed by atoms with E-state index in [2.05, 4.69) is 4.90 Å². The van der Waals surface area contributed by atoms with Gasteiger partial charge in [0, 0.05) is 13.1 Å². The van der Waals surface area contributed by atoms with E-state index in [4.69, 9.17) is 16.6 Å². The van der Waals surface area contributed by atoms with Gasteiger partial charge in [-0.2, -0.15) is 4.31 Å². The lowest BCUT2D eigenvalue weighted by molar-refractivity contribution is 0.181. The van der Waals surface area contributed by atoms with Gasteiger partial charge in [0.15, 0.2) is 5.58 Å². The van der Waals surface area contributed by atoms with Gasteiger partial charge in [-0.25, -0.2) is 8.42 Å². The van der Waals surface area contributed by atoms with E-state index in [0.717, 1.165) is 18.6 Å². The zero-order valence-corrected chi connectivity index (χ0v) is 16.4. The van der Waals surface area contributed by atoms with E-state index in [-0.39, 0.29) is 4.90 Å². The topological polar surface area (TPSA) is 58.7 Å². The summed E-state index contributed by atoms with van der Waals surface area (Å²) in [6.07, 6.45) is 3.63. The number of nitrogens with zero attached hydrogens (tertiary/aromatic N) is 3. The summed E-state index contributed by atoms with van der Waals surface area (Å²) in [7, 11) is -3.50. The van der Waals surface area contributed by atoms with Crippen molar-refractivity contribution in [2.24, 2.45) is 0 Å². The van der Waals surface area contributed by atoms with Gasteiger partial charge in [-0.15, -0.1) is 0 Å². The summed E-state index contributed by atoms with van der Waals surface area (Å²) in [5.74, 6) is 0. The molecule has 0 amide bonds. The molecule has 0 bridgehead atoms. The first kappa shape index (κ1) is 18.6. The van der Waals surface area contributed by atoms with Crippen molar-refractivity contribution in [3.63, 3.8) is 0 Å². The SMILES string of the molecule is CCN(CC)S(=O)(=O)c1ccc2oc(=S)n(CN3CCCCC3)c2c1. The predicted molar refractivity (Wildman–Crippen MR) is 101 cm³/mol. The molecule has 0 unspecified atom stereocenters. The van der Waals surface area contributed by atoms with Gasteiger partial charge in [-0.3, -0.25) is 9.47 Å². The standard InChI is InChI=1S/C17H25N3O3S2/c1-3-19(4-2)25(21,22)14-8-9-16-15(12-14)20(17(24)23-16)13-18-10-6-5-7-11-18/h8-9,12H,3-7,10-11,13H2,1-2H3. The van der Waals surface area contributed by atoms with Gasteiger partial charge in [-0.05, 0) is 56.3 Å². The second-order valence-electron chi connectivity index (χ2n) is 6.33. The van der Waals surface area contributed by atoms with Crippen molar-refractivity contribution < 1.29 is 12.8 Å². The van der Waals surface area contributed by atoms with Crippen LogP contribution in [0.25, 0.3) is 11.1 Å². The van der Waals surface area contributed by atoms with Crippen LogP contribution in [0.3, 0.4) is 0 Å². The summed E-state index contributed by atoms with van der Waals surface area (Å²) >= 11 is 5.37. The predicted octanol–water partition coefficient (Wildman–Crippen LogP) is 3.44. The number of oxazole rings is 1. The minimum atomic E-state index is -3.50. The molecule has 138 valence electrons. The molecule has 25 heavy (non-hydrogen) atoms. The minimum absolute atomic E-state index is 0.284. The molecule has 3 rings (SSSR count). The Morgan fingerprint density at radius 1 is 1.16 bits per heavy atom. The highest BCUT2D eigenvalue weighted by Gasteiger charge is 2.23. The van der Waals surface area contributed by atoms with Crippen LogP contribution in [0.1, 0.15) is 33.1 Å². The summed E-state index contributed by atoms with van der Waals surface area (Å²) in [5, 5.41) is 0. The summed E-state index contributed by atoms with van der Waals surface area (Å²) in [5.41, 5.74) is 1.37.